The summed E-state index contributed by atoms with van der Waals surface area (Å²) in [6.07, 6.45) is 0. The maximum atomic E-state index is 11.8. The highest BCUT2D eigenvalue weighted by Gasteiger charge is 2.30. The average molecular weight is 250 g/mol. The van der Waals surface area contributed by atoms with E-state index in [2.05, 4.69) is 5.32 Å². The van der Waals surface area contributed by atoms with Crippen molar-refractivity contribution in [2.75, 3.05) is 31.8 Å². The van der Waals surface area contributed by atoms with E-state index in [0.29, 0.717) is 30.3 Å². The molecule has 3 rings (SSSR count). The number of nitrogens with zero attached hydrogens (tertiary/aromatic N) is 1. The molecule has 2 N–H and O–H groups in total. The number of amides is 2. The summed E-state index contributed by atoms with van der Waals surface area (Å²) in [5, 5.41) is 11.7. The molecule has 0 unspecified atom stereocenters. The van der Waals surface area contributed by atoms with Gasteiger partial charge in [0.1, 0.15) is 0 Å². The summed E-state index contributed by atoms with van der Waals surface area (Å²) < 4.78 is 10.4. The standard InChI is InChI=1S/C12H14N2O4/c15-6-8-4-14(5-8)12(16)13-9-1-2-10-11(3-9)18-7-17-10/h1-3,8,15H,4-7H2,(H,13,16). The Bertz CT molecular complexity index is 471. The summed E-state index contributed by atoms with van der Waals surface area (Å²) in [4.78, 5) is 13.5. The lowest BCUT2D eigenvalue weighted by atomic mass is 10.0. The van der Waals surface area contributed by atoms with Crippen LogP contribution in [0.25, 0.3) is 0 Å². The van der Waals surface area contributed by atoms with Crippen LogP contribution in [0.3, 0.4) is 0 Å². The van der Waals surface area contributed by atoms with Crippen LogP contribution in [0.1, 0.15) is 0 Å². The van der Waals surface area contributed by atoms with Crippen LogP contribution in [0.15, 0.2) is 18.2 Å². The summed E-state index contributed by atoms with van der Waals surface area (Å²) >= 11 is 0. The first-order chi connectivity index (χ1) is 8.76. The first-order valence-corrected chi connectivity index (χ1v) is 5.82. The van der Waals surface area contributed by atoms with Crippen LogP contribution < -0.4 is 14.8 Å². The van der Waals surface area contributed by atoms with Crippen LogP contribution in [0.4, 0.5) is 10.5 Å². The lowest BCUT2D eigenvalue weighted by Crippen LogP contribution is -2.52. The molecule has 96 valence electrons. The number of carbonyl (C=O) groups excluding carboxylic acids is 1. The number of benzene rings is 1. The van der Waals surface area contributed by atoms with Crippen molar-refractivity contribution < 1.29 is 19.4 Å². The lowest BCUT2D eigenvalue weighted by Gasteiger charge is -2.38. The van der Waals surface area contributed by atoms with Gasteiger partial charge in [-0.2, -0.15) is 0 Å². The molecule has 18 heavy (non-hydrogen) atoms. The molecule has 6 heteroatoms. The highest BCUT2D eigenvalue weighted by Crippen LogP contribution is 2.34. The van der Waals surface area contributed by atoms with E-state index in [1.807, 2.05) is 0 Å². The van der Waals surface area contributed by atoms with Crippen LogP contribution in [-0.4, -0.2) is 42.5 Å². The van der Waals surface area contributed by atoms with E-state index in [4.69, 9.17) is 14.6 Å². The number of aliphatic hydroxyl groups is 1. The molecule has 0 radical (unpaired) electrons. The molecule has 2 heterocycles. The number of rotatable bonds is 2. The van der Waals surface area contributed by atoms with Gasteiger partial charge < -0.3 is 24.8 Å². The van der Waals surface area contributed by atoms with Crippen LogP contribution >= 0.6 is 0 Å². The molecular weight excluding hydrogens is 236 g/mol. The van der Waals surface area contributed by atoms with Gasteiger partial charge in [-0.3, -0.25) is 0 Å². The zero-order valence-electron chi connectivity index (χ0n) is 9.76. The number of ether oxygens (including phenoxy) is 2. The molecule has 0 saturated carbocycles. The zero-order valence-corrected chi connectivity index (χ0v) is 9.76. The molecule has 2 aliphatic rings. The predicted molar refractivity (Wildman–Crippen MR) is 63.7 cm³/mol. The van der Waals surface area contributed by atoms with Crippen molar-refractivity contribution in [2.45, 2.75) is 0 Å². The minimum Gasteiger partial charge on any atom is -0.454 e. The Labute approximate surface area is 104 Å². The monoisotopic (exact) mass is 250 g/mol. The fourth-order valence-electron chi connectivity index (χ4n) is 2.03. The summed E-state index contributed by atoms with van der Waals surface area (Å²) in [5.41, 5.74) is 0.677. The van der Waals surface area contributed by atoms with Crippen molar-refractivity contribution in [2.24, 2.45) is 5.92 Å². The van der Waals surface area contributed by atoms with Crippen molar-refractivity contribution in [1.29, 1.82) is 0 Å². The molecule has 0 aromatic heterocycles. The number of anilines is 1. The van der Waals surface area contributed by atoms with Gasteiger partial charge in [0.05, 0.1) is 0 Å². The molecule has 6 nitrogen and oxygen atoms in total. The molecule has 0 spiro atoms. The molecule has 0 aliphatic carbocycles. The summed E-state index contributed by atoms with van der Waals surface area (Å²) in [5.74, 6) is 1.55. The van der Waals surface area contributed by atoms with E-state index in [1.54, 1.807) is 23.1 Å². The third-order valence-corrected chi connectivity index (χ3v) is 3.13. The van der Waals surface area contributed by atoms with Gasteiger partial charge in [-0.15, -0.1) is 0 Å². The molecule has 1 aromatic rings. The Morgan fingerprint density at radius 3 is 2.94 bits per heavy atom. The molecular formula is C12H14N2O4. The Balaban J connectivity index is 1.61. The topological polar surface area (TPSA) is 71.0 Å². The number of likely N-dealkylation sites (tertiary alicyclic amines) is 1. The van der Waals surface area contributed by atoms with Crippen LogP contribution in [-0.2, 0) is 0 Å². The first kappa shape index (κ1) is 11.2. The van der Waals surface area contributed by atoms with Crippen LogP contribution in [0.2, 0.25) is 0 Å². The SMILES string of the molecule is O=C(Nc1ccc2c(c1)OCO2)N1CC(CO)C1. The van der Waals surface area contributed by atoms with Gasteiger partial charge in [0, 0.05) is 37.4 Å². The summed E-state index contributed by atoms with van der Waals surface area (Å²) in [6.45, 7) is 1.56. The Morgan fingerprint density at radius 1 is 1.39 bits per heavy atom. The molecule has 1 aromatic carbocycles. The van der Waals surface area contributed by atoms with Gasteiger partial charge in [0.15, 0.2) is 11.5 Å². The van der Waals surface area contributed by atoms with Gasteiger partial charge in [0.2, 0.25) is 6.79 Å². The average Bonchev–Trinajstić information content (AvgIpc) is 2.74. The number of hydrogen-bond donors (Lipinski definition) is 2. The minimum absolute atomic E-state index is 0.133. The third kappa shape index (κ3) is 1.95. The van der Waals surface area contributed by atoms with Gasteiger partial charge in [0.25, 0.3) is 0 Å². The lowest BCUT2D eigenvalue weighted by molar-refractivity contribution is 0.0838. The van der Waals surface area contributed by atoms with Gasteiger partial charge in [-0.1, -0.05) is 0 Å². The second-order valence-electron chi connectivity index (χ2n) is 4.45. The van der Waals surface area contributed by atoms with Crippen LogP contribution in [0.5, 0.6) is 11.5 Å². The summed E-state index contributed by atoms with van der Waals surface area (Å²) in [7, 11) is 0. The van der Waals surface area contributed by atoms with Crippen molar-refractivity contribution in [1.82, 2.24) is 4.90 Å². The Hall–Kier alpha value is -1.95. The number of nitrogens with one attached hydrogen (secondary N) is 1. The molecule has 0 atom stereocenters. The second kappa shape index (κ2) is 4.38. The molecule has 2 amide bonds. The number of hydrogen-bond acceptors (Lipinski definition) is 4. The van der Waals surface area contributed by atoms with Gasteiger partial charge in [-0.25, -0.2) is 4.79 Å². The zero-order chi connectivity index (χ0) is 12.5. The highest BCUT2D eigenvalue weighted by atomic mass is 16.7. The van der Waals surface area contributed by atoms with Crippen molar-refractivity contribution in [3.63, 3.8) is 0 Å². The fourth-order valence-corrected chi connectivity index (χ4v) is 2.03. The van der Waals surface area contributed by atoms with E-state index in [1.165, 1.54) is 0 Å². The Kier molecular flexibility index (Phi) is 2.71. The number of carbonyl (C=O) groups is 1. The number of urea groups is 1. The molecule has 1 saturated heterocycles. The van der Waals surface area contributed by atoms with Gasteiger partial charge >= 0.3 is 6.03 Å². The molecule has 1 fully saturated rings. The fraction of sp³-hybridized carbons (Fsp3) is 0.417. The van der Waals surface area contributed by atoms with Crippen molar-refractivity contribution >= 4 is 11.7 Å². The van der Waals surface area contributed by atoms with E-state index in [9.17, 15) is 4.79 Å². The summed E-state index contributed by atoms with van der Waals surface area (Å²) in [6, 6.07) is 5.13. The van der Waals surface area contributed by atoms with Crippen molar-refractivity contribution in [3.8, 4) is 11.5 Å². The van der Waals surface area contributed by atoms with Crippen LogP contribution in [0, 0.1) is 5.92 Å². The predicted octanol–water partition coefficient (Wildman–Crippen LogP) is 0.871. The number of fused-ring (bicyclic) bond motifs is 1. The van der Waals surface area contributed by atoms with E-state index in [0.717, 1.165) is 0 Å². The maximum Gasteiger partial charge on any atom is 0.321 e. The molecule has 0 bridgehead atoms. The largest absolute Gasteiger partial charge is 0.454 e. The van der Waals surface area contributed by atoms with E-state index in [-0.39, 0.29) is 25.3 Å². The number of aliphatic hydroxyl groups excluding tert-OH is 1. The normalized spacial score (nSPS) is 17.5. The van der Waals surface area contributed by atoms with Gasteiger partial charge in [-0.05, 0) is 12.1 Å². The highest BCUT2D eigenvalue weighted by molar-refractivity contribution is 5.90. The Morgan fingerprint density at radius 2 is 2.17 bits per heavy atom. The van der Waals surface area contributed by atoms with E-state index >= 15 is 0 Å². The minimum atomic E-state index is -0.154. The maximum absolute atomic E-state index is 11.8. The quantitative estimate of drug-likeness (QED) is 0.817. The second-order valence-corrected chi connectivity index (χ2v) is 4.45. The van der Waals surface area contributed by atoms with E-state index < -0.39 is 0 Å². The first-order valence-electron chi connectivity index (χ1n) is 5.82. The third-order valence-electron chi connectivity index (χ3n) is 3.13. The van der Waals surface area contributed by atoms with Crippen molar-refractivity contribution in [3.05, 3.63) is 18.2 Å². The smallest absolute Gasteiger partial charge is 0.321 e. The molecule has 2 aliphatic heterocycles.